The third-order valence-electron chi connectivity index (χ3n) is 4.11. The van der Waals surface area contributed by atoms with Crippen LogP contribution in [0.5, 0.6) is 5.75 Å². The molecule has 0 atom stereocenters. The summed E-state index contributed by atoms with van der Waals surface area (Å²) in [5.41, 5.74) is 2.25. The van der Waals surface area contributed by atoms with E-state index in [1.165, 1.54) is 10.5 Å². The summed E-state index contributed by atoms with van der Waals surface area (Å²) in [7, 11) is 3.75. The van der Waals surface area contributed by atoms with Crippen molar-refractivity contribution in [3.05, 3.63) is 65.2 Å². The zero-order valence-electron chi connectivity index (χ0n) is 16.3. The van der Waals surface area contributed by atoms with Crippen LogP contribution in [0.1, 0.15) is 46.0 Å². The standard InChI is InChI=1S/C20H21NO3.C2H7N/c1-2-7-15-8-5-9-16(14-15)24-13-6-12-21-19(22)17-10-3-4-11-18(17)20(21)23;1-3-2/h3-5,8-11,14H,2,6-7,12-13H2,1H3;3H,1-2H3. The van der Waals surface area contributed by atoms with E-state index in [0.29, 0.717) is 30.7 Å². The highest BCUT2D eigenvalue weighted by molar-refractivity contribution is 6.21. The summed E-state index contributed by atoms with van der Waals surface area (Å²) in [4.78, 5) is 25.8. The van der Waals surface area contributed by atoms with Crippen molar-refractivity contribution in [2.24, 2.45) is 0 Å². The normalized spacial score (nSPS) is 12.5. The number of carbonyl (C=O) groups is 2. The van der Waals surface area contributed by atoms with Gasteiger partial charge in [-0.05, 0) is 56.8 Å². The average Bonchev–Trinajstić information content (AvgIpc) is 2.91. The van der Waals surface area contributed by atoms with Crippen molar-refractivity contribution >= 4 is 11.8 Å². The molecule has 2 amide bonds. The Morgan fingerprint density at radius 2 is 1.59 bits per heavy atom. The van der Waals surface area contributed by atoms with E-state index in [0.717, 1.165) is 18.6 Å². The number of aryl methyl sites for hydroxylation is 1. The highest BCUT2D eigenvalue weighted by atomic mass is 16.5. The number of hydrogen-bond donors (Lipinski definition) is 1. The van der Waals surface area contributed by atoms with Crippen LogP contribution in [0, 0.1) is 0 Å². The van der Waals surface area contributed by atoms with Crippen LogP contribution in [0.2, 0.25) is 0 Å². The van der Waals surface area contributed by atoms with Crippen molar-refractivity contribution in [1.82, 2.24) is 10.2 Å². The fourth-order valence-electron chi connectivity index (χ4n) is 2.93. The first-order chi connectivity index (χ1) is 13.1. The van der Waals surface area contributed by atoms with Gasteiger partial charge in [0, 0.05) is 6.54 Å². The summed E-state index contributed by atoms with van der Waals surface area (Å²) in [5.74, 6) is 0.421. The van der Waals surface area contributed by atoms with E-state index in [9.17, 15) is 9.59 Å². The largest absolute Gasteiger partial charge is 0.494 e. The van der Waals surface area contributed by atoms with Crippen molar-refractivity contribution in [2.75, 3.05) is 27.2 Å². The van der Waals surface area contributed by atoms with E-state index in [2.05, 4.69) is 18.3 Å². The third kappa shape index (κ3) is 5.41. The van der Waals surface area contributed by atoms with Crippen LogP contribution in [0.25, 0.3) is 0 Å². The summed E-state index contributed by atoms with van der Waals surface area (Å²) >= 11 is 0. The van der Waals surface area contributed by atoms with Gasteiger partial charge < -0.3 is 10.1 Å². The minimum Gasteiger partial charge on any atom is -0.494 e. The Morgan fingerprint density at radius 3 is 2.19 bits per heavy atom. The lowest BCUT2D eigenvalue weighted by atomic mass is 10.1. The summed E-state index contributed by atoms with van der Waals surface area (Å²) in [6, 6.07) is 15.0. The fourth-order valence-corrected chi connectivity index (χ4v) is 2.93. The minimum absolute atomic E-state index is 0.208. The molecule has 1 N–H and O–H groups in total. The monoisotopic (exact) mass is 368 g/mol. The molecule has 144 valence electrons. The van der Waals surface area contributed by atoms with Gasteiger partial charge in [0.15, 0.2) is 0 Å². The Balaban J connectivity index is 0.000000817. The zero-order chi connectivity index (χ0) is 19.6. The van der Waals surface area contributed by atoms with Gasteiger partial charge in [0.1, 0.15) is 5.75 Å². The molecular formula is C22H28N2O3. The highest BCUT2D eigenvalue weighted by Crippen LogP contribution is 2.22. The molecule has 0 saturated carbocycles. The van der Waals surface area contributed by atoms with E-state index in [1.54, 1.807) is 24.3 Å². The molecule has 0 aliphatic carbocycles. The van der Waals surface area contributed by atoms with Crippen molar-refractivity contribution in [2.45, 2.75) is 26.2 Å². The molecule has 1 aliphatic heterocycles. The van der Waals surface area contributed by atoms with Gasteiger partial charge in [-0.25, -0.2) is 0 Å². The molecule has 2 aromatic carbocycles. The number of ether oxygens (including phenoxy) is 1. The maximum atomic E-state index is 12.3. The van der Waals surface area contributed by atoms with Crippen LogP contribution in [0.3, 0.4) is 0 Å². The van der Waals surface area contributed by atoms with Crippen LogP contribution in [-0.4, -0.2) is 44.0 Å². The lowest BCUT2D eigenvalue weighted by Crippen LogP contribution is -2.31. The molecule has 1 heterocycles. The molecule has 0 spiro atoms. The Labute approximate surface area is 161 Å². The molecule has 0 unspecified atom stereocenters. The summed E-state index contributed by atoms with van der Waals surface area (Å²) < 4.78 is 5.75. The first kappa shape index (κ1) is 20.6. The molecule has 5 nitrogen and oxygen atoms in total. The van der Waals surface area contributed by atoms with Crippen LogP contribution < -0.4 is 10.1 Å². The van der Waals surface area contributed by atoms with E-state index in [4.69, 9.17) is 4.74 Å². The third-order valence-corrected chi connectivity index (χ3v) is 4.11. The van der Waals surface area contributed by atoms with Crippen LogP contribution in [-0.2, 0) is 6.42 Å². The van der Waals surface area contributed by atoms with Gasteiger partial charge in [0.2, 0.25) is 0 Å². The van der Waals surface area contributed by atoms with E-state index < -0.39 is 0 Å². The van der Waals surface area contributed by atoms with Crippen molar-refractivity contribution in [1.29, 1.82) is 0 Å². The van der Waals surface area contributed by atoms with Crippen LogP contribution >= 0.6 is 0 Å². The van der Waals surface area contributed by atoms with Crippen LogP contribution in [0.15, 0.2) is 48.5 Å². The Hall–Kier alpha value is -2.66. The van der Waals surface area contributed by atoms with E-state index in [1.807, 2.05) is 32.3 Å². The molecule has 1 aliphatic rings. The van der Waals surface area contributed by atoms with Crippen LogP contribution in [0.4, 0.5) is 0 Å². The van der Waals surface area contributed by atoms with Gasteiger partial charge in [0.25, 0.3) is 11.8 Å². The maximum absolute atomic E-state index is 12.3. The molecule has 0 aromatic heterocycles. The lowest BCUT2D eigenvalue weighted by molar-refractivity contribution is 0.0647. The Kier molecular flexibility index (Phi) is 8.01. The topological polar surface area (TPSA) is 58.6 Å². The Morgan fingerprint density at radius 1 is 0.963 bits per heavy atom. The van der Waals surface area contributed by atoms with Crippen molar-refractivity contribution in [3.63, 3.8) is 0 Å². The second-order valence-corrected chi connectivity index (χ2v) is 6.41. The highest BCUT2D eigenvalue weighted by Gasteiger charge is 2.34. The number of hydrogen-bond acceptors (Lipinski definition) is 4. The molecule has 0 radical (unpaired) electrons. The summed E-state index contributed by atoms with van der Waals surface area (Å²) in [6.07, 6.45) is 2.75. The quantitative estimate of drug-likeness (QED) is 0.600. The summed E-state index contributed by atoms with van der Waals surface area (Å²) in [5, 5.41) is 2.75. The van der Waals surface area contributed by atoms with Crippen molar-refractivity contribution < 1.29 is 14.3 Å². The molecule has 27 heavy (non-hydrogen) atoms. The molecule has 5 heteroatoms. The minimum atomic E-state index is -0.208. The molecule has 0 bridgehead atoms. The molecule has 3 rings (SSSR count). The van der Waals surface area contributed by atoms with Gasteiger partial charge in [-0.15, -0.1) is 0 Å². The van der Waals surface area contributed by atoms with E-state index >= 15 is 0 Å². The van der Waals surface area contributed by atoms with Gasteiger partial charge >= 0.3 is 0 Å². The van der Waals surface area contributed by atoms with Gasteiger partial charge in [-0.1, -0.05) is 37.6 Å². The number of nitrogens with zero attached hydrogens (tertiary/aromatic N) is 1. The SMILES string of the molecule is CCCc1cccc(OCCCN2C(=O)c3ccccc3C2=O)c1.CNC. The molecule has 0 saturated heterocycles. The lowest BCUT2D eigenvalue weighted by Gasteiger charge is -2.14. The van der Waals surface area contributed by atoms with Gasteiger partial charge in [-0.2, -0.15) is 0 Å². The Bertz CT molecular complexity index is 739. The number of nitrogens with one attached hydrogen (secondary N) is 1. The smallest absolute Gasteiger partial charge is 0.261 e. The number of carbonyl (C=O) groups excluding carboxylic acids is 2. The fraction of sp³-hybridized carbons (Fsp3) is 0.364. The molecule has 2 aromatic rings. The van der Waals surface area contributed by atoms with Gasteiger partial charge in [-0.3, -0.25) is 14.5 Å². The number of imide groups is 1. The molecule has 0 fully saturated rings. The summed E-state index contributed by atoms with van der Waals surface area (Å²) in [6.45, 7) is 3.00. The van der Waals surface area contributed by atoms with E-state index in [-0.39, 0.29) is 11.8 Å². The molecular weight excluding hydrogens is 340 g/mol. The number of amides is 2. The number of benzene rings is 2. The van der Waals surface area contributed by atoms with Gasteiger partial charge in [0.05, 0.1) is 17.7 Å². The second-order valence-electron chi connectivity index (χ2n) is 6.41. The maximum Gasteiger partial charge on any atom is 0.261 e. The van der Waals surface area contributed by atoms with Crippen molar-refractivity contribution in [3.8, 4) is 5.75 Å². The predicted molar refractivity (Wildman–Crippen MR) is 107 cm³/mol. The number of rotatable bonds is 7. The first-order valence-electron chi connectivity index (χ1n) is 9.37. The number of fused-ring (bicyclic) bond motifs is 1. The first-order valence-corrected chi connectivity index (χ1v) is 9.37. The zero-order valence-corrected chi connectivity index (χ0v) is 16.3. The second kappa shape index (κ2) is 10.5. The predicted octanol–water partition coefficient (Wildman–Crippen LogP) is 3.54. The average molecular weight is 368 g/mol.